The summed E-state index contributed by atoms with van der Waals surface area (Å²) in [4.78, 5) is 22.0. The summed E-state index contributed by atoms with van der Waals surface area (Å²) < 4.78 is 12.4. The van der Waals surface area contributed by atoms with E-state index in [-0.39, 0.29) is 18.5 Å². The van der Waals surface area contributed by atoms with E-state index in [0.29, 0.717) is 0 Å². The number of amides is 1. The van der Waals surface area contributed by atoms with Gasteiger partial charge in [-0.15, -0.1) is 0 Å². The number of hydrogen-bond acceptors (Lipinski definition) is 2. The molecule has 2 N–H and O–H groups in total. The van der Waals surface area contributed by atoms with E-state index in [2.05, 4.69) is 0 Å². The molecule has 0 saturated carbocycles. The van der Waals surface area contributed by atoms with Crippen molar-refractivity contribution in [3.05, 3.63) is 11.6 Å². The van der Waals surface area contributed by atoms with E-state index in [1.54, 1.807) is 0 Å². The Bertz CT molecular complexity index is 289. The third-order valence-corrected chi connectivity index (χ3v) is 2.13. The maximum absolute atomic E-state index is 12.4. The van der Waals surface area contributed by atoms with Crippen LogP contribution in [-0.4, -0.2) is 46.4 Å². The average Bonchev–Trinajstić information content (AvgIpc) is 2.16. The van der Waals surface area contributed by atoms with Gasteiger partial charge >= 0.3 is 12.1 Å². The molecule has 0 bridgehead atoms. The minimum absolute atomic E-state index is 0.0639. The van der Waals surface area contributed by atoms with Gasteiger partial charge in [0.15, 0.2) is 0 Å². The van der Waals surface area contributed by atoms with Gasteiger partial charge in [0.2, 0.25) is 0 Å². The lowest BCUT2D eigenvalue weighted by atomic mass is 10.0. The molecule has 0 aromatic heterocycles. The van der Waals surface area contributed by atoms with Crippen LogP contribution in [0.15, 0.2) is 11.6 Å². The molecule has 14 heavy (non-hydrogen) atoms. The number of rotatable bonds is 2. The van der Waals surface area contributed by atoms with Gasteiger partial charge in [0, 0.05) is 18.5 Å². The molecule has 0 spiro atoms. The van der Waals surface area contributed by atoms with Crippen molar-refractivity contribution in [2.45, 2.75) is 12.5 Å². The molecule has 1 aliphatic rings. The van der Waals surface area contributed by atoms with Crippen LogP contribution < -0.4 is 0 Å². The highest BCUT2D eigenvalue weighted by molar-refractivity contribution is 5.87. The molecule has 0 unspecified atom stereocenters. The Labute approximate surface area is 79.4 Å². The molecule has 0 aromatic rings. The third kappa shape index (κ3) is 2.01. The summed E-state index contributed by atoms with van der Waals surface area (Å²) in [6, 6.07) is -0.872. The first-order chi connectivity index (χ1) is 6.56. The molecule has 1 heterocycles. The molecule has 1 rings (SSSR count). The van der Waals surface area contributed by atoms with Crippen molar-refractivity contribution in [3.63, 3.8) is 0 Å². The molecular weight excluding hydrogens is 193 g/mol. The van der Waals surface area contributed by atoms with Crippen molar-refractivity contribution >= 4 is 12.1 Å². The fourth-order valence-electron chi connectivity index (χ4n) is 1.35. The smallest absolute Gasteiger partial charge is 0.407 e. The Morgan fingerprint density at radius 1 is 1.57 bits per heavy atom. The molecule has 6 heteroatoms. The second-order valence-electron chi connectivity index (χ2n) is 2.98. The van der Waals surface area contributed by atoms with E-state index in [0.717, 1.165) is 4.90 Å². The predicted octanol–water partition coefficient (Wildman–Crippen LogP) is 0.719. The lowest BCUT2D eigenvalue weighted by Crippen LogP contribution is -2.44. The fourth-order valence-corrected chi connectivity index (χ4v) is 1.35. The van der Waals surface area contributed by atoms with Crippen LogP contribution in [0.2, 0.25) is 0 Å². The van der Waals surface area contributed by atoms with Crippen molar-refractivity contribution in [2.75, 3.05) is 13.2 Å². The topological polar surface area (TPSA) is 77.8 Å². The van der Waals surface area contributed by atoms with Crippen LogP contribution in [-0.2, 0) is 4.79 Å². The molecular formula is C8H10FNO4. The van der Waals surface area contributed by atoms with Gasteiger partial charge in [0.1, 0.15) is 6.67 Å². The maximum Gasteiger partial charge on any atom is 0.407 e. The van der Waals surface area contributed by atoms with E-state index in [1.165, 1.54) is 6.08 Å². The predicted molar refractivity (Wildman–Crippen MR) is 44.8 cm³/mol. The minimum Gasteiger partial charge on any atom is -0.478 e. The van der Waals surface area contributed by atoms with Gasteiger partial charge in [-0.3, -0.25) is 4.90 Å². The van der Waals surface area contributed by atoms with Crippen LogP contribution in [0.4, 0.5) is 9.18 Å². The molecule has 1 aliphatic heterocycles. The van der Waals surface area contributed by atoms with Crippen molar-refractivity contribution < 1.29 is 24.2 Å². The lowest BCUT2D eigenvalue weighted by Gasteiger charge is -2.30. The number of hydrogen-bond donors (Lipinski definition) is 2. The number of nitrogens with zero attached hydrogens (tertiary/aromatic N) is 1. The first kappa shape index (κ1) is 10.5. The zero-order valence-electron chi connectivity index (χ0n) is 7.31. The first-order valence-electron chi connectivity index (χ1n) is 4.04. The standard InChI is InChI=1S/C8H10FNO4/c9-4-6-3-5(7(11)12)1-2-10(6)8(13)14/h1,6H,2-4H2,(H,11,12)(H,13,14)/t6-/m0/s1. The molecule has 0 radical (unpaired) electrons. The molecule has 0 aromatic carbocycles. The second-order valence-corrected chi connectivity index (χ2v) is 2.98. The van der Waals surface area contributed by atoms with Crippen LogP contribution in [0, 0.1) is 0 Å². The zero-order valence-corrected chi connectivity index (χ0v) is 7.31. The first-order valence-corrected chi connectivity index (χ1v) is 4.04. The number of halogens is 1. The zero-order chi connectivity index (χ0) is 10.7. The van der Waals surface area contributed by atoms with Crippen molar-refractivity contribution in [2.24, 2.45) is 0 Å². The third-order valence-electron chi connectivity index (χ3n) is 2.13. The van der Waals surface area contributed by atoms with Crippen LogP contribution in [0.25, 0.3) is 0 Å². The summed E-state index contributed by atoms with van der Waals surface area (Å²) in [5, 5.41) is 17.3. The van der Waals surface area contributed by atoms with Crippen LogP contribution in [0.1, 0.15) is 6.42 Å². The summed E-state index contributed by atoms with van der Waals surface area (Å²) in [6.45, 7) is -0.928. The lowest BCUT2D eigenvalue weighted by molar-refractivity contribution is -0.133. The Kier molecular flexibility index (Phi) is 3.06. The van der Waals surface area contributed by atoms with Gasteiger partial charge in [-0.1, -0.05) is 6.08 Å². The van der Waals surface area contributed by atoms with Crippen LogP contribution >= 0.6 is 0 Å². The van der Waals surface area contributed by atoms with Gasteiger partial charge < -0.3 is 10.2 Å². The van der Waals surface area contributed by atoms with E-state index >= 15 is 0 Å². The summed E-state index contributed by atoms with van der Waals surface area (Å²) >= 11 is 0. The fraction of sp³-hybridized carbons (Fsp3) is 0.500. The number of aliphatic carboxylic acids is 1. The Morgan fingerprint density at radius 2 is 2.21 bits per heavy atom. The summed E-state index contributed by atoms with van der Waals surface area (Å²) in [6.07, 6.45) is -0.00543. The molecule has 0 saturated heterocycles. The van der Waals surface area contributed by atoms with Crippen molar-refractivity contribution in [1.29, 1.82) is 0 Å². The summed E-state index contributed by atoms with van der Waals surface area (Å²) in [7, 11) is 0. The highest BCUT2D eigenvalue weighted by Gasteiger charge is 2.29. The maximum atomic E-state index is 12.4. The number of carboxylic acids is 1. The molecule has 5 nitrogen and oxygen atoms in total. The summed E-state index contributed by atoms with van der Waals surface area (Å²) in [5.74, 6) is -1.12. The van der Waals surface area contributed by atoms with E-state index < -0.39 is 24.8 Å². The molecule has 0 fully saturated rings. The van der Waals surface area contributed by atoms with Crippen LogP contribution in [0.3, 0.4) is 0 Å². The second kappa shape index (κ2) is 4.08. The molecule has 1 amide bonds. The molecule has 1 atom stereocenters. The highest BCUT2D eigenvalue weighted by atomic mass is 19.1. The van der Waals surface area contributed by atoms with Gasteiger partial charge in [0.05, 0.1) is 6.04 Å². The molecule has 78 valence electrons. The number of carbonyl (C=O) groups is 2. The minimum atomic E-state index is -1.23. The van der Waals surface area contributed by atoms with Gasteiger partial charge in [-0.05, 0) is 0 Å². The largest absolute Gasteiger partial charge is 0.478 e. The van der Waals surface area contributed by atoms with E-state index in [9.17, 15) is 14.0 Å². The summed E-state index contributed by atoms with van der Waals surface area (Å²) in [5.41, 5.74) is 0.0742. The van der Waals surface area contributed by atoms with E-state index in [1.807, 2.05) is 0 Å². The number of alkyl halides is 1. The molecule has 0 aliphatic carbocycles. The van der Waals surface area contributed by atoms with Gasteiger partial charge in [-0.25, -0.2) is 14.0 Å². The van der Waals surface area contributed by atoms with Gasteiger partial charge in [0.25, 0.3) is 0 Å². The average molecular weight is 203 g/mol. The Morgan fingerprint density at radius 3 is 2.64 bits per heavy atom. The highest BCUT2D eigenvalue weighted by Crippen LogP contribution is 2.18. The van der Waals surface area contributed by atoms with Crippen molar-refractivity contribution in [1.82, 2.24) is 4.90 Å². The van der Waals surface area contributed by atoms with Crippen molar-refractivity contribution in [3.8, 4) is 0 Å². The van der Waals surface area contributed by atoms with Gasteiger partial charge in [-0.2, -0.15) is 0 Å². The normalized spacial score (nSPS) is 21.6. The van der Waals surface area contributed by atoms with E-state index in [4.69, 9.17) is 10.2 Å². The Hall–Kier alpha value is -1.59. The monoisotopic (exact) mass is 203 g/mol. The quantitative estimate of drug-likeness (QED) is 0.693. The van der Waals surface area contributed by atoms with Crippen LogP contribution in [0.5, 0.6) is 0 Å². The number of carboxylic acid groups (broad SMARTS) is 2. The Balaban J connectivity index is 2.79. The SMILES string of the molecule is O=C(O)C1=CCN(C(=O)O)[C@H](CF)C1.